The number of allylic oxidation sites excluding steroid dienone is 18. The van der Waals surface area contributed by atoms with Crippen LogP contribution in [0.15, 0.2) is 109 Å². The molecule has 0 fully saturated rings. The monoisotopic (exact) mass is 999 g/mol. The first-order chi connectivity index (χ1) is 35.5. The standard InChI is InChI=1S/C66H110O6/c1-4-7-10-13-16-19-22-25-28-31-33-35-38-41-44-47-50-53-56-59-65(68)71-62-63(61-70-64(67)58-55-52-49-46-43-40-37-30-27-24-21-18-15-12-9-6-3)72-66(69)60-57-54-51-48-45-42-39-36-34-32-29-26-23-20-17-14-11-8-5-2/h7-8,10-11,16-17,19-20,25-26,28-30,33,35,37,40,43,63H,4-6,9,12-15,18,21-24,27,31-32,34,36,38-39,41-42,44-62H2,1-3H3/b10-7-,11-8-,19-16-,20-17-,28-25-,29-26-,35-33-,37-30-,43-40-. The van der Waals surface area contributed by atoms with E-state index in [9.17, 15) is 14.4 Å². The molecule has 0 aliphatic rings. The normalized spacial score (nSPS) is 12.9. The molecule has 0 amide bonds. The molecule has 0 saturated heterocycles. The Morgan fingerprint density at radius 2 is 0.583 bits per heavy atom. The minimum atomic E-state index is -0.801. The molecule has 1 atom stereocenters. The Balaban J connectivity index is 4.46. The number of hydrogen-bond donors (Lipinski definition) is 0. The second-order valence-electron chi connectivity index (χ2n) is 19.5. The van der Waals surface area contributed by atoms with Crippen LogP contribution < -0.4 is 0 Å². The van der Waals surface area contributed by atoms with E-state index in [1.165, 1.54) is 96.3 Å². The number of ether oxygens (including phenoxy) is 3. The van der Waals surface area contributed by atoms with E-state index in [1.54, 1.807) is 0 Å². The van der Waals surface area contributed by atoms with Crippen LogP contribution in [-0.2, 0) is 28.6 Å². The zero-order valence-electron chi connectivity index (χ0n) is 46.9. The van der Waals surface area contributed by atoms with Crippen LogP contribution in [0.25, 0.3) is 0 Å². The summed E-state index contributed by atoms with van der Waals surface area (Å²) in [6.07, 6.45) is 80.8. The zero-order chi connectivity index (χ0) is 52.2. The molecule has 0 rings (SSSR count). The lowest BCUT2D eigenvalue weighted by Crippen LogP contribution is -2.30. The van der Waals surface area contributed by atoms with Crippen LogP contribution in [0.4, 0.5) is 0 Å². The summed E-state index contributed by atoms with van der Waals surface area (Å²) in [5.41, 5.74) is 0. The van der Waals surface area contributed by atoms with Gasteiger partial charge in [0.1, 0.15) is 13.2 Å². The molecule has 0 bridgehead atoms. The second-order valence-corrected chi connectivity index (χ2v) is 19.5. The van der Waals surface area contributed by atoms with Gasteiger partial charge in [-0.3, -0.25) is 14.4 Å². The van der Waals surface area contributed by atoms with Crippen molar-refractivity contribution < 1.29 is 28.6 Å². The van der Waals surface area contributed by atoms with Crippen LogP contribution in [0.2, 0.25) is 0 Å². The Morgan fingerprint density at radius 1 is 0.306 bits per heavy atom. The first kappa shape index (κ1) is 68.1. The van der Waals surface area contributed by atoms with E-state index < -0.39 is 6.10 Å². The van der Waals surface area contributed by atoms with Crippen LogP contribution in [0.1, 0.15) is 271 Å². The first-order valence-electron chi connectivity index (χ1n) is 29.9. The molecule has 0 spiro atoms. The fourth-order valence-corrected chi connectivity index (χ4v) is 8.09. The molecule has 410 valence electrons. The molecule has 0 radical (unpaired) electrons. The maximum atomic E-state index is 12.9. The van der Waals surface area contributed by atoms with Gasteiger partial charge in [-0.15, -0.1) is 0 Å². The van der Waals surface area contributed by atoms with Crippen molar-refractivity contribution in [1.29, 1.82) is 0 Å². The molecule has 0 N–H and O–H groups in total. The molecule has 0 aromatic heterocycles. The van der Waals surface area contributed by atoms with Gasteiger partial charge in [-0.1, -0.05) is 246 Å². The first-order valence-corrected chi connectivity index (χ1v) is 29.9. The highest BCUT2D eigenvalue weighted by molar-refractivity contribution is 5.71. The van der Waals surface area contributed by atoms with Gasteiger partial charge in [0, 0.05) is 19.3 Å². The maximum Gasteiger partial charge on any atom is 0.306 e. The third-order valence-electron chi connectivity index (χ3n) is 12.5. The quantitative estimate of drug-likeness (QED) is 0.0199. The van der Waals surface area contributed by atoms with Crippen LogP contribution >= 0.6 is 0 Å². The molecule has 0 heterocycles. The van der Waals surface area contributed by atoms with Gasteiger partial charge in [-0.2, -0.15) is 0 Å². The van der Waals surface area contributed by atoms with Gasteiger partial charge in [0.15, 0.2) is 6.10 Å². The number of carbonyl (C=O) groups is 3. The van der Waals surface area contributed by atoms with Crippen molar-refractivity contribution in [2.45, 2.75) is 277 Å². The molecule has 0 aliphatic heterocycles. The van der Waals surface area contributed by atoms with E-state index in [-0.39, 0.29) is 31.1 Å². The van der Waals surface area contributed by atoms with Gasteiger partial charge < -0.3 is 14.2 Å². The average molecular weight is 1000 g/mol. The molecule has 0 aromatic carbocycles. The summed E-state index contributed by atoms with van der Waals surface area (Å²) in [5, 5.41) is 0. The summed E-state index contributed by atoms with van der Waals surface area (Å²) in [7, 11) is 0. The minimum absolute atomic E-state index is 0.0974. The third-order valence-corrected chi connectivity index (χ3v) is 12.5. The summed E-state index contributed by atoms with van der Waals surface area (Å²) in [4.78, 5) is 38.2. The highest BCUT2D eigenvalue weighted by atomic mass is 16.6. The van der Waals surface area contributed by atoms with Gasteiger partial charge in [-0.05, 0) is 116 Å². The Kier molecular flexibility index (Phi) is 56.4. The summed E-state index contributed by atoms with van der Waals surface area (Å²) in [6.45, 7) is 6.38. The summed E-state index contributed by atoms with van der Waals surface area (Å²) in [6, 6.07) is 0. The fraction of sp³-hybridized carbons (Fsp3) is 0.682. The van der Waals surface area contributed by atoms with E-state index >= 15 is 0 Å². The summed E-state index contributed by atoms with van der Waals surface area (Å²) >= 11 is 0. The van der Waals surface area contributed by atoms with Crippen LogP contribution in [-0.4, -0.2) is 37.2 Å². The highest BCUT2D eigenvalue weighted by Crippen LogP contribution is 2.15. The molecule has 0 aliphatic carbocycles. The number of rotatable bonds is 53. The zero-order valence-corrected chi connectivity index (χ0v) is 46.9. The van der Waals surface area contributed by atoms with Crippen molar-refractivity contribution in [2.75, 3.05) is 13.2 Å². The highest BCUT2D eigenvalue weighted by Gasteiger charge is 2.19. The molecule has 1 unspecified atom stereocenters. The Labute approximate surface area is 444 Å². The van der Waals surface area contributed by atoms with Gasteiger partial charge in [0.25, 0.3) is 0 Å². The lowest BCUT2D eigenvalue weighted by atomic mass is 10.1. The molecule has 6 heteroatoms. The van der Waals surface area contributed by atoms with Crippen molar-refractivity contribution in [3.05, 3.63) is 109 Å². The smallest absolute Gasteiger partial charge is 0.306 e. The summed E-state index contributed by atoms with van der Waals surface area (Å²) < 4.78 is 16.9. The van der Waals surface area contributed by atoms with Gasteiger partial charge in [0.2, 0.25) is 0 Å². The SMILES string of the molecule is CC/C=C\C/C=C\C/C=C\C/C=C\CCCCCCCCC(=O)OCC(COC(=O)CCCCC/C=C\C=C/CCCCCCCCC)OC(=O)CCCCCCCCCCC/C=C\C/C=C\C/C=C\CC. The van der Waals surface area contributed by atoms with Crippen molar-refractivity contribution in [3.8, 4) is 0 Å². The van der Waals surface area contributed by atoms with E-state index in [2.05, 4.69) is 130 Å². The van der Waals surface area contributed by atoms with E-state index in [0.717, 1.165) is 135 Å². The summed E-state index contributed by atoms with van der Waals surface area (Å²) in [5.74, 6) is -0.939. The van der Waals surface area contributed by atoms with Crippen molar-refractivity contribution in [2.24, 2.45) is 0 Å². The van der Waals surface area contributed by atoms with Crippen LogP contribution in [0, 0.1) is 0 Å². The van der Waals surface area contributed by atoms with E-state index in [4.69, 9.17) is 14.2 Å². The van der Waals surface area contributed by atoms with Gasteiger partial charge in [0.05, 0.1) is 0 Å². The number of esters is 3. The predicted octanol–water partition coefficient (Wildman–Crippen LogP) is 20.3. The van der Waals surface area contributed by atoms with Gasteiger partial charge in [-0.25, -0.2) is 0 Å². The average Bonchev–Trinajstić information content (AvgIpc) is 3.38. The second kappa shape index (κ2) is 59.6. The third kappa shape index (κ3) is 57.0. The Morgan fingerprint density at radius 3 is 0.944 bits per heavy atom. The van der Waals surface area contributed by atoms with Gasteiger partial charge >= 0.3 is 17.9 Å². The lowest BCUT2D eigenvalue weighted by Gasteiger charge is -2.18. The molecular formula is C66H110O6. The predicted molar refractivity (Wildman–Crippen MR) is 311 cm³/mol. The van der Waals surface area contributed by atoms with Crippen molar-refractivity contribution in [3.63, 3.8) is 0 Å². The lowest BCUT2D eigenvalue weighted by molar-refractivity contribution is -0.167. The largest absolute Gasteiger partial charge is 0.462 e. The fourth-order valence-electron chi connectivity index (χ4n) is 8.09. The molecular weight excluding hydrogens is 889 g/mol. The van der Waals surface area contributed by atoms with Crippen molar-refractivity contribution >= 4 is 17.9 Å². The molecule has 6 nitrogen and oxygen atoms in total. The maximum absolute atomic E-state index is 12.9. The Hall–Kier alpha value is -3.93. The van der Waals surface area contributed by atoms with E-state index in [1.807, 2.05) is 0 Å². The Bertz CT molecular complexity index is 1470. The topological polar surface area (TPSA) is 78.9 Å². The van der Waals surface area contributed by atoms with Crippen LogP contribution in [0.5, 0.6) is 0 Å². The number of unbranched alkanes of at least 4 members (excludes halogenated alkanes) is 25. The molecule has 0 aromatic rings. The minimum Gasteiger partial charge on any atom is -0.462 e. The van der Waals surface area contributed by atoms with Crippen molar-refractivity contribution in [1.82, 2.24) is 0 Å². The molecule has 0 saturated carbocycles. The number of carbonyl (C=O) groups excluding carboxylic acids is 3. The van der Waals surface area contributed by atoms with Crippen LogP contribution in [0.3, 0.4) is 0 Å². The molecule has 72 heavy (non-hydrogen) atoms. The number of hydrogen-bond acceptors (Lipinski definition) is 6. The van der Waals surface area contributed by atoms with E-state index in [0.29, 0.717) is 19.3 Å².